The second kappa shape index (κ2) is 7.99. The number of rotatable bonds is 5. The molecule has 0 aliphatic rings. The van der Waals surface area contributed by atoms with Crippen molar-refractivity contribution < 1.29 is 14.0 Å². The van der Waals surface area contributed by atoms with E-state index in [1.807, 2.05) is 0 Å². The van der Waals surface area contributed by atoms with Gasteiger partial charge in [0.05, 0.1) is 16.5 Å². The molecule has 0 unspecified atom stereocenters. The lowest BCUT2D eigenvalue weighted by Gasteiger charge is -2.09. The van der Waals surface area contributed by atoms with Gasteiger partial charge in [-0.25, -0.2) is 4.39 Å². The van der Waals surface area contributed by atoms with Crippen LogP contribution in [0.5, 0.6) is 0 Å². The number of hydrogen-bond donors (Lipinski definition) is 2. The van der Waals surface area contributed by atoms with Crippen LogP contribution >= 0.6 is 23.4 Å². The maximum Gasteiger partial charge on any atom is 0.251 e. The van der Waals surface area contributed by atoms with Gasteiger partial charge in [-0.2, -0.15) is 0 Å². The van der Waals surface area contributed by atoms with Crippen LogP contribution < -0.4 is 10.6 Å². The molecule has 2 amide bonds. The zero-order valence-electron chi connectivity index (χ0n) is 12.2. The van der Waals surface area contributed by atoms with E-state index < -0.39 is 0 Å². The highest BCUT2D eigenvalue weighted by atomic mass is 35.5. The molecule has 0 bridgehead atoms. The van der Waals surface area contributed by atoms with Crippen LogP contribution in [0.4, 0.5) is 10.1 Å². The number of hydrogen-bond acceptors (Lipinski definition) is 3. The fraction of sp³-hybridized carbons (Fsp3) is 0.125. The van der Waals surface area contributed by atoms with E-state index in [1.165, 1.54) is 37.0 Å². The summed E-state index contributed by atoms with van der Waals surface area (Å²) in [4.78, 5) is 24.4. The highest BCUT2D eigenvalue weighted by Gasteiger charge is 2.10. The number of anilines is 1. The minimum atomic E-state index is -0.323. The molecule has 23 heavy (non-hydrogen) atoms. The summed E-state index contributed by atoms with van der Waals surface area (Å²) in [5, 5.41) is 5.51. The minimum Gasteiger partial charge on any atom is -0.355 e. The average molecular weight is 353 g/mol. The van der Waals surface area contributed by atoms with E-state index in [9.17, 15) is 14.0 Å². The molecule has 0 aliphatic heterocycles. The molecular formula is C16H14ClFN2O2S. The Hall–Kier alpha value is -2.05. The van der Waals surface area contributed by atoms with E-state index in [1.54, 1.807) is 24.3 Å². The van der Waals surface area contributed by atoms with Crippen molar-refractivity contribution in [2.45, 2.75) is 4.90 Å². The molecule has 0 aliphatic carbocycles. The van der Waals surface area contributed by atoms with Crippen LogP contribution in [0.25, 0.3) is 0 Å². The number of thioether (sulfide) groups is 1. The van der Waals surface area contributed by atoms with Gasteiger partial charge in [0.25, 0.3) is 5.91 Å². The van der Waals surface area contributed by atoms with Crippen LogP contribution in [-0.2, 0) is 4.79 Å². The second-order valence-corrected chi connectivity index (χ2v) is 6.02. The number of nitrogens with one attached hydrogen (secondary N) is 2. The van der Waals surface area contributed by atoms with E-state index in [0.717, 1.165) is 4.90 Å². The van der Waals surface area contributed by atoms with Crippen LogP contribution in [-0.4, -0.2) is 24.6 Å². The lowest BCUT2D eigenvalue weighted by molar-refractivity contribution is -0.113. The van der Waals surface area contributed by atoms with E-state index in [2.05, 4.69) is 10.6 Å². The zero-order valence-corrected chi connectivity index (χ0v) is 13.8. The van der Waals surface area contributed by atoms with E-state index in [-0.39, 0.29) is 23.4 Å². The van der Waals surface area contributed by atoms with Crippen molar-refractivity contribution >= 4 is 40.9 Å². The average Bonchev–Trinajstić information content (AvgIpc) is 2.55. The van der Waals surface area contributed by atoms with E-state index in [4.69, 9.17) is 11.6 Å². The van der Waals surface area contributed by atoms with Crippen LogP contribution in [0.3, 0.4) is 0 Å². The van der Waals surface area contributed by atoms with Crippen LogP contribution in [0, 0.1) is 5.82 Å². The van der Waals surface area contributed by atoms with Crippen molar-refractivity contribution in [3.8, 4) is 0 Å². The van der Waals surface area contributed by atoms with Gasteiger partial charge in [-0.15, -0.1) is 11.8 Å². The monoisotopic (exact) mass is 352 g/mol. The molecule has 0 heterocycles. The van der Waals surface area contributed by atoms with Gasteiger partial charge < -0.3 is 10.6 Å². The van der Waals surface area contributed by atoms with E-state index in [0.29, 0.717) is 16.3 Å². The Kier molecular flexibility index (Phi) is 6.01. The molecule has 2 aromatic carbocycles. The summed E-state index contributed by atoms with van der Waals surface area (Å²) in [5.74, 6) is -0.712. The summed E-state index contributed by atoms with van der Waals surface area (Å²) in [6.07, 6.45) is 0. The first kappa shape index (κ1) is 17.3. The predicted octanol–water partition coefficient (Wildman–Crippen LogP) is 3.57. The number of benzene rings is 2. The minimum absolute atomic E-state index is 0.145. The van der Waals surface area contributed by atoms with Crippen LogP contribution in [0.2, 0.25) is 5.02 Å². The number of halogens is 2. The Morgan fingerprint density at radius 1 is 1.17 bits per heavy atom. The molecule has 0 spiro atoms. The highest BCUT2D eigenvalue weighted by Crippen LogP contribution is 2.24. The van der Waals surface area contributed by atoms with Gasteiger partial charge >= 0.3 is 0 Å². The largest absolute Gasteiger partial charge is 0.355 e. The first-order chi connectivity index (χ1) is 11.0. The smallest absolute Gasteiger partial charge is 0.251 e. The molecule has 0 atom stereocenters. The van der Waals surface area contributed by atoms with Crippen molar-refractivity contribution in [1.82, 2.24) is 5.32 Å². The van der Waals surface area contributed by atoms with Crippen molar-refractivity contribution in [3.05, 3.63) is 58.9 Å². The molecule has 0 radical (unpaired) electrons. The predicted molar refractivity (Wildman–Crippen MR) is 90.6 cm³/mol. The zero-order chi connectivity index (χ0) is 16.8. The maximum absolute atomic E-state index is 12.8. The van der Waals surface area contributed by atoms with Gasteiger partial charge in [0.1, 0.15) is 5.82 Å². The van der Waals surface area contributed by atoms with Crippen molar-refractivity contribution in [2.24, 2.45) is 0 Å². The normalized spacial score (nSPS) is 10.2. The quantitative estimate of drug-likeness (QED) is 0.809. The lowest BCUT2D eigenvalue weighted by Crippen LogP contribution is -2.19. The molecular weight excluding hydrogens is 339 g/mol. The molecule has 0 saturated heterocycles. The van der Waals surface area contributed by atoms with Crippen LogP contribution in [0.1, 0.15) is 10.4 Å². The molecule has 7 heteroatoms. The molecule has 0 fully saturated rings. The van der Waals surface area contributed by atoms with Crippen molar-refractivity contribution in [2.75, 3.05) is 18.1 Å². The summed E-state index contributed by atoms with van der Waals surface area (Å²) < 4.78 is 12.8. The molecule has 2 aromatic rings. The SMILES string of the molecule is CNC(=O)c1ccc(Cl)c(NC(=O)CSc2ccc(F)cc2)c1. The Morgan fingerprint density at radius 2 is 1.87 bits per heavy atom. The van der Waals surface area contributed by atoms with Crippen LogP contribution in [0.15, 0.2) is 47.4 Å². The number of carbonyl (C=O) groups is 2. The van der Waals surface area contributed by atoms with Crippen molar-refractivity contribution in [1.29, 1.82) is 0 Å². The topological polar surface area (TPSA) is 58.2 Å². The molecule has 0 saturated carbocycles. The Labute approximate surface area is 142 Å². The number of carbonyl (C=O) groups excluding carboxylic acids is 2. The molecule has 4 nitrogen and oxygen atoms in total. The summed E-state index contributed by atoms with van der Waals surface area (Å²) in [6.45, 7) is 0. The first-order valence-corrected chi connectivity index (χ1v) is 8.06. The first-order valence-electron chi connectivity index (χ1n) is 6.69. The Balaban J connectivity index is 1.99. The van der Waals surface area contributed by atoms with Gasteiger partial charge in [0, 0.05) is 17.5 Å². The number of amides is 2. The maximum atomic E-state index is 12.8. The summed E-state index contributed by atoms with van der Waals surface area (Å²) in [7, 11) is 1.52. The highest BCUT2D eigenvalue weighted by molar-refractivity contribution is 8.00. The van der Waals surface area contributed by atoms with Crippen molar-refractivity contribution in [3.63, 3.8) is 0 Å². The van der Waals surface area contributed by atoms with Gasteiger partial charge in [-0.1, -0.05) is 11.6 Å². The standard InChI is InChI=1S/C16H14ClFN2O2S/c1-19-16(22)10-2-7-13(17)14(8-10)20-15(21)9-23-12-5-3-11(18)4-6-12/h2-8H,9H2,1H3,(H,19,22)(H,20,21). The third-order valence-corrected chi connectivity index (χ3v) is 4.25. The summed E-state index contributed by atoms with van der Waals surface area (Å²) >= 11 is 7.30. The summed E-state index contributed by atoms with van der Waals surface area (Å²) in [5.41, 5.74) is 0.774. The molecule has 2 rings (SSSR count). The fourth-order valence-corrected chi connectivity index (χ4v) is 2.64. The fourth-order valence-electron chi connectivity index (χ4n) is 1.77. The third-order valence-electron chi connectivity index (χ3n) is 2.91. The van der Waals surface area contributed by atoms with Gasteiger partial charge in [0.15, 0.2) is 0 Å². The van der Waals surface area contributed by atoms with Gasteiger partial charge in [-0.05, 0) is 42.5 Å². The molecule has 2 N–H and O–H groups in total. The molecule has 0 aromatic heterocycles. The lowest BCUT2D eigenvalue weighted by atomic mass is 10.2. The Morgan fingerprint density at radius 3 is 2.52 bits per heavy atom. The molecule has 120 valence electrons. The third kappa shape index (κ3) is 4.97. The Bertz CT molecular complexity index is 723. The van der Waals surface area contributed by atoms with Gasteiger partial charge in [-0.3, -0.25) is 9.59 Å². The second-order valence-electron chi connectivity index (χ2n) is 4.56. The van der Waals surface area contributed by atoms with Gasteiger partial charge in [0.2, 0.25) is 5.91 Å². The van der Waals surface area contributed by atoms with E-state index >= 15 is 0 Å². The summed E-state index contributed by atoms with van der Waals surface area (Å²) in [6, 6.07) is 10.5.